The summed E-state index contributed by atoms with van der Waals surface area (Å²) < 4.78 is 0. The van der Waals surface area contributed by atoms with Gasteiger partial charge in [-0.2, -0.15) is 0 Å². The number of carbonyl (C=O) groups excluding carboxylic acids is 3. The van der Waals surface area contributed by atoms with Crippen LogP contribution in [0, 0.1) is 0 Å². The average molecular weight is 317 g/mol. The molecule has 1 atom stereocenters. The maximum atomic E-state index is 12.4. The van der Waals surface area contributed by atoms with Crippen molar-refractivity contribution < 1.29 is 14.4 Å². The number of hydrogen-bond donors (Lipinski definition) is 2. The summed E-state index contributed by atoms with van der Waals surface area (Å²) in [6, 6.07) is 6.21. The highest BCUT2D eigenvalue weighted by Crippen LogP contribution is 2.16. The average Bonchev–Trinajstić information content (AvgIpc) is 2.78. The fourth-order valence-electron chi connectivity index (χ4n) is 2.68. The molecule has 124 valence electrons. The van der Waals surface area contributed by atoms with Gasteiger partial charge >= 0.3 is 0 Å². The molecule has 1 saturated heterocycles. The molecule has 0 saturated carbocycles. The van der Waals surface area contributed by atoms with Crippen molar-refractivity contribution in [2.75, 3.05) is 18.9 Å². The van der Waals surface area contributed by atoms with Crippen LogP contribution in [-0.4, -0.2) is 42.3 Å². The van der Waals surface area contributed by atoms with E-state index in [0.29, 0.717) is 24.2 Å². The van der Waals surface area contributed by atoms with E-state index >= 15 is 0 Å². The predicted molar refractivity (Wildman–Crippen MR) is 88.1 cm³/mol. The number of rotatable bonds is 4. The Bertz CT molecular complexity index is 601. The first-order chi connectivity index (χ1) is 11.0. The predicted octanol–water partition coefficient (Wildman–Crippen LogP) is 1.78. The Balaban J connectivity index is 2.05. The first-order valence-corrected chi connectivity index (χ1v) is 7.95. The normalized spacial score (nSPS) is 16.4. The highest BCUT2D eigenvalue weighted by atomic mass is 16.2. The number of carbonyl (C=O) groups is 3. The first-order valence-electron chi connectivity index (χ1n) is 7.95. The van der Waals surface area contributed by atoms with Gasteiger partial charge in [-0.3, -0.25) is 14.4 Å². The molecule has 0 unspecified atom stereocenters. The third-order valence-corrected chi connectivity index (χ3v) is 4.08. The molecule has 23 heavy (non-hydrogen) atoms. The molecule has 1 heterocycles. The summed E-state index contributed by atoms with van der Waals surface area (Å²) in [6.07, 6.45) is 3.34. The largest absolute Gasteiger partial charge is 0.355 e. The van der Waals surface area contributed by atoms with Crippen LogP contribution >= 0.6 is 0 Å². The van der Waals surface area contributed by atoms with Gasteiger partial charge in [0, 0.05) is 31.3 Å². The summed E-state index contributed by atoms with van der Waals surface area (Å²) in [6.45, 7) is 2.35. The summed E-state index contributed by atoms with van der Waals surface area (Å²) in [5.41, 5.74) is 1.02. The lowest BCUT2D eigenvalue weighted by molar-refractivity contribution is -0.137. The van der Waals surface area contributed by atoms with Gasteiger partial charge < -0.3 is 15.5 Å². The van der Waals surface area contributed by atoms with Crippen LogP contribution in [0.1, 0.15) is 43.0 Å². The molecule has 1 aliphatic heterocycles. The van der Waals surface area contributed by atoms with E-state index in [4.69, 9.17) is 0 Å². The molecule has 2 rings (SSSR count). The third-order valence-electron chi connectivity index (χ3n) is 4.08. The van der Waals surface area contributed by atoms with Crippen LogP contribution in [0.5, 0.6) is 0 Å². The minimum Gasteiger partial charge on any atom is -0.355 e. The number of likely N-dealkylation sites (tertiary alicyclic amines) is 1. The highest BCUT2D eigenvalue weighted by molar-refractivity contribution is 5.99. The van der Waals surface area contributed by atoms with Crippen molar-refractivity contribution in [2.24, 2.45) is 0 Å². The van der Waals surface area contributed by atoms with Crippen LogP contribution in [0.15, 0.2) is 24.3 Å². The Morgan fingerprint density at radius 2 is 2.00 bits per heavy atom. The van der Waals surface area contributed by atoms with Crippen LogP contribution < -0.4 is 10.6 Å². The smallest absolute Gasteiger partial charge is 0.251 e. The van der Waals surface area contributed by atoms with Crippen LogP contribution in [-0.2, 0) is 9.59 Å². The fraction of sp³-hybridized carbons (Fsp3) is 0.471. The van der Waals surface area contributed by atoms with Crippen molar-refractivity contribution in [1.82, 2.24) is 10.2 Å². The van der Waals surface area contributed by atoms with Gasteiger partial charge in [-0.15, -0.1) is 0 Å². The van der Waals surface area contributed by atoms with Gasteiger partial charge in [0.25, 0.3) is 5.91 Å². The molecule has 0 bridgehead atoms. The van der Waals surface area contributed by atoms with Crippen molar-refractivity contribution in [3.05, 3.63) is 29.8 Å². The molecule has 2 N–H and O–H groups in total. The minimum atomic E-state index is -0.524. The third kappa shape index (κ3) is 4.31. The molecule has 0 aromatic heterocycles. The summed E-state index contributed by atoms with van der Waals surface area (Å²) >= 11 is 0. The summed E-state index contributed by atoms with van der Waals surface area (Å²) in [5, 5.41) is 5.33. The zero-order valence-corrected chi connectivity index (χ0v) is 13.6. The van der Waals surface area contributed by atoms with E-state index in [1.165, 1.54) is 0 Å². The van der Waals surface area contributed by atoms with Gasteiger partial charge in [-0.1, -0.05) is 12.5 Å². The van der Waals surface area contributed by atoms with Crippen LogP contribution in [0.25, 0.3) is 0 Å². The van der Waals surface area contributed by atoms with E-state index < -0.39 is 6.04 Å². The molecule has 6 nitrogen and oxygen atoms in total. The molecule has 1 aliphatic rings. The number of nitrogens with zero attached hydrogens (tertiary/aromatic N) is 1. The van der Waals surface area contributed by atoms with Gasteiger partial charge in [0.2, 0.25) is 11.8 Å². The number of nitrogens with one attached hydrogen (secondary N) is 2. The molecule has 1 aromatic carbocycles. The monoisotopic (exact) mass is 317 g/mol. The standard InChI is InChI=1S/C17H23N3O3/c1-12(20-10-5-3-4-9-15(20)21)16(22)19-14-8-6-7-13(11-14)17(23)18-2/h6-8,11-12H,3-5,9-10H2,1-2H3,(H,18,23)(H,19,22)/t12-/m1/s1. The van der Waals surface area contributed by atoms with E-state index in [0.717, 1.165) is 19.3 Å². The Morgan fingerprint density at radius 3 is 2.74 bits per heavy atom. The maximum Gasteiger partial charge on any atom is 0.251 e. The van der Waals surface area contributed by atoms with Crippen molar-refractivity contribution in [3.8, 4) is 0 Å². The lowest BCUT2D eigenvalue weighted by atomic mass is 10.1. The zero-order chi connectivity index (χ0) is 16.8. The second-order valence-electron chi connectivity index (χ2n) is 5.72. The van der Waals surface area contributed by atoms with Crippen molar-refractivity contribution >= 4 is 23.4 Å². The second-order valence-corrected chi connectivity index (χ2v) is 5.72. The molecule has 3 amide bonds. The minimum absolute atomic E-state index is 0.0317. The number of anilines is 1. The fourth-order valence-corrected chi connectivity index (χ4v) is 2.68. The van der Waals surface area contributed by atoms with Gasteiger partial charge in [-0.25, -0.2) is 0 Å². The SMILES string of the molecule is CNC(=O)c1cccc(NC(=O)[C@@H](C)N2CCCCCC2=O)c1. The molecular formula is C17H23N3O3. The topological polar surface area (TPSA) is 78.5 Å². The number of hydrogen-bond acceptors (Lipinski definition) is 3. The van der Waals surface area contributed by atoms with Crippen LogP contribution in [0.2, 0.25) is 0 Å². The number of amides is 3. The summed E-state index contributed by atoms with van der Waals surface area (Å²) in [4.78, 5) is 37.8. The zero-order valence-electron chi connectivity index (χ0n) is 13.6. The van der Waals surface area contributed by atoms with Crippen LogP contribution in [0.4, 0.5) is 5.69 Å². The quantitative estimate of drug-likeness (QED) is 0.888. The molecule has 1 aromatic rings. The Labute approximate surface area is 136 Å². The lowest BCUT2D eigenvalue weighted by Gasteiger charge is -2.27. The lowest BCUT2D eigenvalue weighted by Crippen LogP contribution is -2.45. The van der Waals surface area contributed by atoms with Gasteiger partial charge in [-0.05, 0) is 38.0 Å². The molecule has 0 spiro atoms. The van der Waals surface area contributed by atoms with Gasteiger partial charge in [0.15, 0.2) is 0 Å². The Kier molecular flexibility index (Phi) is 5.73. The van der Waals surface area contributed by atoms with E-state index in [2.05, 4.69) is 10.6 Å². The van der Waals surface area contributed by atoms with E-state index in [1.54, 1.807) is 43.1 Å². The molecule has 1 fully saturated rings. The molecular weight excluding hydrogens is 294 g/mol. The van der Waals surface area contributed by atoms with E-state index in [9.17, 15) is 14.4 Å². The van der Waals surface area contributed by atoms with E-state index in [1.807, 2.05) is 0 Å². The van der Waals surface area contributed by atoms with Crippen LogP contribution in [0.3, 0.4) is 0 Å². The molecule has 6 heteroatoms. The maximum absolute atomic E-state index is 12.4. The Hall–Kier alpha value is -2.37. The first kappa shape index (κ1) is 17.0. The summed E-state index contributed by atoms with van der Waals surface area (Å²) in [5.74, 6) is -0.421. The second kappa shape index (κ2) is 7.76. The van der Waals surface area contributed by atoms with Gasteiger partial charge in [0.05, 0.1) is 0 Å². The van der Waals surface area contributed by atoms with Gasteiger partial charge in [0.1, 0.15) is 6.04 Å². The highest BCUT2D eigenvalue weighted by Gasteiger charge is 2.26. The van der Waals surface area contributed by atoms with E-state index in [-0.39, 0.29) is 17.7 Å². The Morgan fingerprint density at radius 1 is 1.22 bits per heavy atom. The molecule has 0 aliphatic carbocycles. The molecule has 0 radical (unpaired) electrons. The number of benzene rings is 1. The van der Waals surface area contributed by atoms with Crippen molar-refractivity contribution in [3.63, 3.8) is 0 Å². The summed E-state index contributed by atoms with van der Waals surface area (Å²) in [7, 11) is 1.56. The van der Waals surface area contributed by atoms with Crippen molar-refractivity contribution in [2.45, 2.75) is 38.6 Å². The van der Waals surface area contributed by atoms with Crippen molar-refractivity contribution in [1.29, 1.82) is 0 Å².